The fourth-order valence-corrected chi connectivity index (χ4v) is 1.58. The lowest BCUT2D eigenvalue weighted by Gasteiger charge is -2.06. The summed E-state index contributed by atoms with van der Waals surface area (Å²) in [6.45, 7) is 0.320. The third-order valence-electron chi connectivity index (χ3n) is 2.32. The van der Waals surface area contributed by atoms with Crippen molar-refractivity contribution in [2.75, 3.05) is 19.9 Å². The van der Waals surface area contributed by atoms with E-state index in [1.807, 2.05) is 0 Å². The lowest BCUT2D eigenvalue weighted by molar-refractivity contribution is -0.384. The molecule has 0 saturated carbocycles. The van der Waals surface area contributed by atoms with Gasteiger partial charge >= 0.3 is 0 Å². The maximum absolute atomic E-state index is 10.8. The fraction of sp³-hybridized carbons (Fsp3) is 0.364. The molecule has 0 aliphatic heterocycles. The van der Waals surface area contributed by atoms with Crippen molar-refractivity contribution < 1.29 is 14.5 Å². The van der Waals surface area contributed by atoms with E-state index in [0.717, 1.165) is 5.56 Å². The molecule has 1 aromatic rings. The monoisotopic (exact) mass is 287 g/mol. The third kappa shape index (κ3) is 5.21. The van der Waals surface area contributed by atoms with Gasteiger partial charge in [-0.25, -0.2) is 0 Å². The number of carbonyl (C=O) groups is 1. The predicted molar refractivity (Wildman–Crippen MR) is 69.8 cm³/mol. The summed E-state index contributed by atoms with van der Waals surface area (Å²) >= 11 is 5.91. The van der Waals surface area contributed by atoms with E-state index in [4.69, 9.17) is 22.1 Å². The Hall–Kier alpha value is -1.70. The van der Waals surface area contributed by atoms with E-state index in [9.17, 15) is 14.9 Å². The number of hydrogen-bond donors (Lipinski definition) is 2. The van der Waals surface area contributed by atoms with Gasteiger partial charge in [-0.05, 0) is 12.0 Å². The molecule has 7 nitrogen and oxygen atoms in total. The predicted octanol–water partition coefficient (Wildman–Crippen LogP) is 0.840. The number of nitrogens with zero attached hydrogens (tertiary/aromatic N) is 1. The van der Waals surface area contributed by atoms with Gasteiger partial charge in [0.2, 0.25) is 5.91 Å². The lowest BCUT2D eigenvalue weighted by atomic mass is 10.1. The van der Waals surface area contributed by atoms with Crippen molar-refractivity contribution in [1.29, 1.82) is 0 Å². The van der Waals surface area contributed by atoms with Crippen molar-refractivity contribution in [3.05, 3.63) is 38.9 Å². The molecule has 0 unspecified atom stereocenters. The Morgan fingerprint density at radius 1 is 1.53 bits per heavy atom. The summed E-state index contributed by atoms with van der Waals surface area (Å²) in [5.74, 6) is -0.298. The molecule has 0 spiro atoms. The number of rotatable bonds is 7. The summed E-state index contributed by atoms with van der Waals surface area (Å²) in [6, 6.07) is 4.27. The van der Waals surface area contributed by atoms with Crippen LogP contribution >= 0.6 is 11.6 Å². The summed E-state index contributed by atoms with van der Waals surface area (Å²) in [4.78, 5) is 20.8. The first-order valence-corrected chi connectivity index (χ1v) is 5.89. The molecule has 0 fully saturated rings. The summed E-state index contributed by atoms with van der Waals surface area (Å²) in [7, 11) is 0. The molecule has 1 aromatic carbocycles. The van der Waals surface area contributed by atoms with Crippen LogP contribution in [0.1, 0.15) is 5.56 Å². The Bertz CT molecular complexity index is 467. The molecule has 0 aliphatic rings. The molecular formula is C11H14ClN3O4. The molecule has 0 aromatic heterocycles. The van der Waals surface area contributed by atoms with E-state index in [0.29, 0.717) is 18.1 Å². The van der Waals surface area contributed by atoms with E-state index in [1.54, 1.807) is 6.07 Å². The Morgan fingerprint density at radius 2 is 2.26 bits per heavy atom. The Morgan fingerprint density at radius 3 is 2.84 bits per heavy atom. The molecule has 1 amide bonds. The number of nitro groups is 1. The number of hydrogen-bond acceptors (Lipinski definition) is 5. The minimum absolute atomic E-state index is 0.0510. The van der Waals surface area contributed by atoms with Crippen molar-refractivity contribution in [2.24, 2.45) is 5.73 Å². The standard InChI is InChI=1S/C11H14ClN3O4/c12-10-5-9(15(17)18)2-1-8(10)3-4-19-7-14-11(16)6-13/h1-2,5H,3-4,6-7,13H2,(H,14,16). The molecule has 19 heavy (non-hydrogen) atoms. The summed E-state index contributed by atoms with van der Waals surface area (Å²) in [5, 5.41) is 13.3. The van der Waals surface area contributed by atoms with Gasteiger partial charge in [0.1, 0.15) is 6.73 Å². The number of nitrogens with two attached hydrogens (primary N) is 1. The first-order valence-electron chi connectivity index (χ1n) is 5.52. The zero-order valence-corrected chi connectivity index (χ0v) is 10.9. The van der Waals surface area contributed by atoms with E-state index in [1.165, 1.54) is 12.1 Å². The van der Waals surface area contributed by atoms with Gasteiger partial charge in [0, 0.05) is 12.1 Å². The van der Waals surface area contributed by atoms with Crippen LogP contribution in [0.3, 0.4) is 0 Å². The van der Waals surface area contributed by atoms with Crippen molar-refractivity contribution in [1.82, 2.24) is 5.32 Å². The van der Waals surface area contributed by atoms with Gasteiger partial charge in [-0.3, -0.25) is 14.9 Å². The highest BCUT2D eigenvalue weighted by molar-refractivity contribution is 6.31. The highest BCUT2D eigenvalue weighted by Crippen LogP contribution is 2.22. The van der Waals surface area contributed by atoms with Gasteiger partial charge in [-0.2, -0.15) is 0 Å². The number of nitro benzene ring substituents is 1. The first-order chi connectivity index (χ1) is 9.04. The van der Waals surface area contributed by atoms with Gasteiger partial charge < -0.3 is 15.8 Å². The molecule has 0 bridgehead atoms. The van der Waals surface area contributed by atoms with Crippen LogP contribution in [-0.4, -0.2) is 30.7 Å². The van der Waals surface area contributed by atoms with Gasteiger partial charge in [-0.15, -0.1) is 0 Å². The van der Waals surface area contributed by atoms with Crippen LogP contribution in [0.4, 0.5) is 5.69 Å². The Kier molecular flexibility index (Phi) is 6.20. The van der Waals surface area contributed by atoms with Crippen molar-refractivity contribution >= 4 is 23.2 Å². The molecule has 3 N–H and O–H groups in total. The van der Waals surface area contributed by atoms with E-state index in [-0.39, 0.29) is 24.9 Å². The van der Waals surface area contributed by atoms with Crippen LogP contribution in [0.5, 0.6) is 0 Å². The molecule has 8 heteroatoms. The van der Waals surface area contributed by atoms with Gasteiger partial charge in [0.25, 0.3) is 5.69 Å². The van der Waals surface area contributed by atoms with Crippen LogP contribution in [0.25, 0.3) is 0 Å². The summed E-state index contributed by atoms with van der Waals surface area (Å²) in [5.41, 5.74) is 5.79. The summed E-state index contributed by atoms with van der Waals surface area (Å²) < 4.78 is 5.16. The van der Waals surface area contributed by atoms with E-state index < -0.39 is 4.92 Å². The topological polar surface area (TPSA) is 107 Å². The quantitative estimate of drug-likeness (QED) is 0.334. The Labute approximate surface area is 114 Å². The minimum atomic E-state index is -0.505. The highest BCUT2D eigenvalue weighted by atomic mass is 35.5. The second-order valence-corrected chi connectivity index (χ2v) is 4.05. The molecule has 0 radical (unpaired) electrons. The van der Waals surface area contributed by atoms with Crippen LogP contribution in [0.2, 0.25) is 5.02 Å². The van der Waals surface area contributed by atoms with Crippen LogP contribution < -0.4 is 11.1 Å². The van der Waals surface area contributed by atoms with Crippen molar-refractivity contribution in [2.45, 2.75) is 6.42 Å². The molecule has 0 heterocycles. The third-order valence-corrected chi connectivity index (χ3v) is 2.67. The van der Waals surface area contributed by atoms with E-state index in [2.05, 4.69) is 5.32 Å². The van der Waals surface area contributed by atoms with Crippen molar-refractivity contribution in [3.8, 4) is 0 Å². The zero-order valence-electron chi connectivity index (χ0n) is 10.1. The fourth-order valence-electron chi connectivity index (χ4n) is 1.31. The number of ether oxygens (including phenoxy) is 1. The smallest absolute Gasteiger partial charge is 0.270 e. The van der Waals surface area contributed by atoms with Crippen molar-refractivity contribution in [3.63, 3.8) is 0 Å². The lowest BCUT2D eigenvalue weighted by Crippen LogP contribution is -2.32. The maximum atomic E-state index is 10.8. The molecule has 0 saturated heterocycles. The number of amides is 1. The normalized spacial score (nSPS) is 10.2. The number of halogens is 1. The Balaban J connectivity index is 2.37. The van der Waals surface area contributed by atoms with Gasteiger partial charge in [0.05, 0.1) is 23.1 Å². The largest absolute Gasteiger partial charge is 0.361 e. The molecule has 0 atom stereocenters. The number of carbonyl (C=O) groups excluding carboxylic acids is 1. The van der Waals surface area contributed by atoms with Crippen LogP contribution in [0.15, 0.2) is 18.2 Å². The zero-order chi connectivity index (χ0) is 14.3. The molecular weight excluding hydrogens is 274 g/mol. The van der Waals surface area contributed by atoms with E-state index >= 15 is 0 Å². The second kappa shape index (κ2) is 7.67. The maximum Gasteiger partial charge on any atom is 0.270 e. The average Bonchev–Trinajstić information content (AvgIpc) is 2.39. The molecule has 0 aliphatic carbocycles. The first kappa shape index (κ1) is 15.4. The minimum Gasteiger partial charge on any atom is -0.361 e. The highest BCUT2D eigenvalue weighted by Gasteiger charge is 2.09. The number of nitrogens with one attached hydrogen (secondary N) is 1. The summed E-state index contributed by atoms with van der Waals surface area (Å²) in [6.07, 6.45) is 0.495. The van der Waals surface area contributed by atoms with Gasteiger partial charge in [0.15, 0.2) is 0 Å². The number of benzene rings is 1. The number of non-ortho nitro benzene ring substituents is 1. The van der Waals surface area contributed by atoms with Crippen LogP contribution in [0, 0.1) is 10.1 Å². The molecule has 1 rings (SSSR count). The average molecular weight is 288 g/mol. The van der Waals surface area contributed by atoms with Crippen LogP contribution in [-0.2, 0) is 16.0 Å². The SMILES string of the molecule is NCC(=O)NCOCCc1ccc([N+](=O)[O-])cc1Cl. The molecule has 104 valence electrons. The van der Waals surface area contributed by atoms with Gasteiger partial charge in [-0.1, -0.05) is 17.7 Å². The second-order valence-electron chi connectivity index (χ2n) is 3.64.